The quantitative estimate of drug-likeness (QED) is 0.341. The van der Waals surface area contributed by atoms with Crippen LogP contribution < -0.4 is 10.1 Å². The Hall–Kier alpha value is -2.85. The lowest BCUT2D eigenvalue weighted by atomic mass is 10.2. The molecule has 0 saturated heterocycles. The SMILES string of the molecule is CCOC(=O)c1cc(CC)sc1NC(=O)CSc1nnc(-c2ccc(OC)cc2)n1CC. The Kier molecular flexibility index (Phi) is 8.29. The first kappa shape index (κ1) is 23.8. The van der Waals surface area contributed by atoms with Crippen LogP contribution in [0.4, 0.5) is 5.00 Å². The van der Waals surface area contributed by atoms with Crippen LogP contribution in [0.2, 0.25) is 0 Å². The molecule has 0 unspecified atom stereocenters. The fraction of sp³-hybridized carbons (Fsp3) is 0.364. The lowest BCUT2D eigenvalue weighted by Crippen LogP contribution is -2.16. The molecule has 10 heteroatoms. The van der Waals surface area contributed by atoms with Crippen LogP contribution >= 0.6 is 23.1 Å². The highest BCUT2D eigenvalue weighted by atomic mass is 32.2. The van der Waals surface area contributed by atoms with E-state index in [1.807, 2.05) is 42.7 Å². The first-order valence-electron chi connectivity index (χ1n) is 10.3. The molecule has 0 radical (unpaired) electrons. The standard InChI is InChI=1S/C22H26N4O4S2/c1-5-16-12-17(21(28)30-7-3)20(32-16)23-18(27)13-31-22-25-24-19(26(22)6-2)14-8-10-15(29-4)11-9-14/h8-12H,5-7,13H2,1-4H3,(H,23,27). The van der Waals surface area contributed by atoms with Gasteiger partial charge in [-0.1, -0.05) is 18.7 Å². The topological polar surface area (TPSA) is 95.3 Å². The molecule has 0 aliphatic heterocycles. The summed E-state index contributed by atoms with van der Waals surface area (Å²) in [6.45, 7) is 6.70. The average molecular weight is 475 g/mol. The van der Waals surface area contributed by atoms with E-state index in [1.54, 1.807) is 20.1 Å². The lowest BCUT2D eigenvalue weighted by Gasteiger charge is -2.08. The number of carbonyl (C=O) groups excluding carboxylic acids is 2. The van der Waals surface area contributed by atoms with Crippen LogP contribution in [0.25, 0.3) is 11.4 Å². The summed E-state index contributed by atoms with van der Waals surface area (Å²) in [7, 11) is 1.62. The van der Waals surface area contributed by atoms with Crippen molar-refractivity contribution in [2.24, 2.45) is 0 Å². The summed E-state index contributed by atoms with van der Waals surface area (Å²) in [5.74, 6) is 0.989. The van der Waals surface area contributed by atoms with Crippen LogP contribution in [-0.4, -0.2) is 46.1 Å². The summed E-state index contributed by atoms with van der Waals surface area (Å²) < 4.78 is 12.3. The van der Waals surface area contributed by atoms with Gasteiger partial charge >= 0.3 is 5.97 Å². The Bertz CT molecular complexity index is 1080. The minimum Gasteiger partial charge on any atom is -0.497 e. The minimum absolute atomic E-state index is 0.141. The predicted molar refractivity (Wildman–Crippen MR) is 127 cm³/mol. The van der Waals surface area contributed by atoms with Crippen LogP contribution in [0.3, 0.4) is 0 Å². The van der Waals surface area contributed by atoms with Crippen molar-refractivity contribution in [2.45, 2.75) is 38.9 Å². The Morgan fingerprint density at radius 2 is 1.91 bits per heavy atom. The Morgan fingerprint density at radius 3 is 2.53 bits per heavy atom. The number of nitrogens with one attached hydrogen (secondary N) is 1. The van der Waals surface area contributed by atoms with Gasteiger partial charge in [0.1, 0.15) is 10.8 Å². The molecule has 1 aromatic carbocycles. The molecule has 32 heavy (non-hydrogen) atoms. The van der Waals surface area contributed by atoms with E-state index in [1.165, 1.54) is 23.1 Å². The second kappa shape index (κ2) is 11.1. The van der Waals surface area contributed by atoms with Crippen LogP contribution in [0.15, 0.2) is 35.5 Å². The third-order valence-corrected chi connectivity index (χ3v) is 6.76. The van der Waals surface area contributed by atoms with E-state index in [0.29, 0.717) is 22.3 Å². The fourth-order valence-electron chi connectivity index (χ4n) is 3.00. The van der Waals surface area contributed by atoms with Gasteiger partial charge in [0.25, 0.3) is 0 Å². The normalized spacial score (nSPS) is 10.8. The minimum atomic E-state index is -0.429. The van der Waals surface area contributed by atoms with Crippen molar-refractivity contribution < 1.29 is 19.1 Å². The largest absolute Gasteiger partial charge is 0.497 e. The van der Waals surface area contributed by atoms with Gasteiger partial charge in [0, 0.05) is 17.0 Å². The van der Waals surface area contributed by atoms with Crippen molar-refractivity contribution in [1.82, 2.24) is 14.8 Å². The number of esters is 1. The summed E-state index contributed by atoms with van der Waals surface area (Å²) in [5, 5.41) is 12.6. The summed E-state index contributed by atoms with van der Waals surface area (Å²) in [5.41, 5.74) is 1.31. The number of benzene rings is 1. The molecule has 170 valence electrons. The summed E-state index contributed by atoms with van der Waals surface area (Å²) in [4.78, 5) is 25.8. The highest BCUT2D eigenvalue weighted by Crippen LogP contribution is 2.30. The van der Waals surface area contributed by atoms with Crippen LogP contribution in [0.1, 0.15) is 36.0 Å². The van der Waals surface area contributed by atoms with Crippen LogP contribution in [0.5, 0.6) is 5.75 Å². The summed E-state index contributed by atoms with van der Waals surface area (Å²) in [6.07, 6.45) is 0.773. The number of aromatic nitrogens is 3. The number of nitrogens with zero attached hydrogens (tertiary/aromatic N) is 3. The zero-order chi connectivity index (χ0) is 23.1. The van der Waals surface area contributed by atoms with Gasteiger partial charge in [0.05, 0.1) is 25.0 Å². The van der Waals surface area contributed by atoms with Crippen molar-refractivity contribution in [3.8, 4) is 17.1 Å². The van der Waals surface area contributed by atoms with Gasteiger partial charge in [-0.25, -0.2) is 4.79 Å². The van der Waals surface area contributed by atoms with Gasteiger partial charge in [-0.05, 0) is 50.6 Å². The van der Waals surface area contributed by atoms with Gasteiger partial charge in [-0.15, -0.1) is 21.5 Å². The second-order valence-electron chi connectivity index (χ2n) is 6.65. The molecule has 0 aliphatic carbocycles. The number of carbonyl (C=O) groups is 2. The maximum atomic E-state index is 12.6. The number of hydrogen-bond acceptors (Lipinski definition) is 8. The van der Waals surface area contributed by atoms with Gasteiger partial charge in [-0.2, -0.15) is 0 Å². The number of amides is 1. The highest BCUT2D eigenvalue weighted by Gasteiger charge is 2.20. The third kappa shape index (κ3) is 5.49. The van der Waals surface area contributed by atoms with Gasteiger partial charge in [0.2, 0.25) is 5.91 Å². The maximum absolute atomic E-state index is 12.6. The number of hydrogen-bond donors (Lipinski definition) is 1. The monoisotopic (exact) mass is 474 g/mol. The van der Waals surface area contributed by atoms with Crippen molar-refractivity contribution in [1.29, 1.82) is 0 Å². The molecule has 0 atom stereocenters. The van der Waals surface area contributed by atoms with Crippen molar-refractivity contribution in [3.05, 3.63) is 40.8 Å². The zero-order valence-corrected chi connectivity index (χ0v) is 20.1. The molecule has 8 nitrogen and oxygen atoms in total. The van der Waals surface area contributed by atoms with E-state index < -0.39 is 5.97 Å². The molecular formula is C22H26N4O4S2. The van der Waals surface area contributed by atoms with Gasteiger partial charge in [0.15, 0.2) is 11.0 Å². The smallest absolute Gasteiger partial charge is 0.341 e. The number of methoxy groups -OCH3 is 1. The molecule has 1 amide bonds. The van der Waals surface area contributed by atoms with Crippen molar-refractivity contribution in [2.75, 3.05) is 24.8 Å². The average Bonchev–Trinajstić information content (AvgIpc) is 3.41. The molecule has 1 N–H and O–H groups in total. The van der Waals surface area contributed by atoms with Crippen LogP contribution in [0, 0.1) is 0 Å². The highest BCUT2D eigenvalue weighted by molar-refractivity contribution is 7.99. The van der Waals surface area contributed by atoms with E-state index in [9.17, 15) is 9.59 Å². The molecular weight excluding hydrogens is 448 g/mol. The number of thiophene rings is 1. The van der Waals surface area contributed by atoms with Crippen LogP contribution in [-0.2, 0) is 22.5 Å². The Balaban J connectivity index is 1.70. The predicted octanol–water partition coefficient (Wildman–Crippen LogP) is 4.51. The molecule has 0 bridgehead atoms. The van der Waals surface area contributed by atoms with Crippen molar-refractivity contribution >= 4 is 40.0 Å². The number of anilines is 1. The molecule has 2 heterocycles. The molecule has 0 saturated carbocycles. The summed E-state index contributed by atoms with van der Waals surface area (Å²) >= 11 is 2.69. The molecule has 3 rings (SSSR count). The molecule has 2 aromatic heterocycles. The zero-order valence-electron chi connectivity index (χ0n) is 18.5. The van der Waals surface area contributed by atoms with E-state index in [4.69, 9.17) is 9.47 Å². The van der Waals surface area contributed by atoms with E-state index in [2.05, 4.69) is 15.5 Å². The van der Waals surface area contributed by atoms with E-state index in [-0.39, 0.29) is 18.3 Å². The molecule has 0 fully saturated rings. The first-order chi connectivity index (χ1) is 15.5. The Morgan fingerprint density at radius 1 is 1.16 bits per heavy atom. The third-order valence-electron chi connectivity index (χ3n) is 4.59. The fourth-order valence-corrected chi connectivity index (χ4v) is 4.80. The molecule has 0 aliphatic rings. The molecule has 0 spiro atoms. The number of rotatable bonds is 10. The van der Waals surface area contributed by atoms with Gasteiger partial charge in [-0.3, -0.25) is 4.79 Å². The number of aryl methyl sites for hydroxylation is 1. The molecule has 3 aromatic rings. The summed E-state index contributed by atoms with van der Waals surface area (Å²) in [6, 6.07) is 9.37. The Labute approximate surface area is 195 Å². The second-order valence-corrected chi connectivity index (χ2v) is 8.72. The van der Waals surface area contributed by atoms with E-state index in [0.717, 1.165) is 28.4 Å². The lowest BCUT2D eigenvalue weighted by molar-refractivity contribution is -0.113. The number of ether oxygens (including phenoxy) is 2. The van der Waals surface area contributed by atoms with E-state index >= 15 is 0 Å². The van der Waals surface area contributed by atoms with Gasteiger partial charge < -0.3 is 19.4 Å². The van der Waals surface area contributed by atoms with Crippen molar-refractivity contribution in [3.63, 3.8) is 0 Å². The number of thioether (sulfide) groups is 1. The maximum Gasteiger partial charge on any atom is 0.341 e. The first-order valence-corrected chi connectivity index (χ1v) is 12.1.